The molecule has 2 aromatic rings. The van der Waals surface area contributed by atoms with Gasteiger partial charge >= 0.3 is 0 Å². The zero-order chi connectivity index (χ0) is 19.2. The third kappa shape index (κ3) is 4.64. The third-order valence-corrected chi connectivity index (χ3v) is 6.27. The summed E-state index contributed by atoms with van der Waals surface area (Å²) in [7, 11) is 0. The van der Waals surface area contributed by atoms with Crippen molar-refractivity contribution in [3.05, 3.63) is 48.3 Å². The molecule has 1 N–H and O–H groups in total. The molecule has 2 atom stereocenters. The van der Waals surface area contributed by atoms with Crippen molar-refractivity contribution in [2.24, 2.45) is 5.92 Å². The summed E-state index contributed by atoms with van der Waals surface area (Å²) in [4.78, 5) is 14.0. The van der Waals surface area contributed by atoms with Crippen LogP contribution >= 0.6 is 0 Å². The van der Waals surface area contributed by atoms with Crippen LogP contribution < -0.4 is 9.80 Å². The lowest BCUT2D eigenvalue weighted by Crippen LogP contribution is -2.41. The number of aryl methyl sites for hydroxylation is 1. The van der Waals surface area contributed by atoms with Crippen molar-refractivity contribution in [1.82, 2.24) is 9.97 Å². The maximum atomic E-state index is 9.53. The summed E-state index contributed by atoms with van der Waals surface area (Å²) in [6.45, 7) is 3.26. The molecule has 0 bridgehead atoms. The molecule has 28 heavy (non-hydrogen) atoms. The van der Waals surface area contributed by atoms with Crippen molar-refractivity contribution in [3.8, 4) is 0 Å². The van der Waals surface area contributed by atoms with Crippen molar-refractivity contribution in [1.29, 1.82) is 0 Å². The zero-order valence-corrected chi connectivity index (χ0v) is 16.7. The number of rotatable bonds is 6. The first-order valence-corrected chi connectivity index (χ1v) is 10.8. The topological polar surface area (TPSA) is 52.5 Å². The largest absolute Gasteiger partial charge is 0.396 e. The minimum atomic E-state index is 0.266. The van der Waals surface area contributed by atoms with Crippen LogP contribution in [-0.4, -0.2) is 47.4 Å². The number of aliphatic hydroxyl groups excluding tert-OH is 1. The molecule has 0 spiro atoms. The monoisotopic (exact) mass is 380 g/mol. The first-order chi connectivity index (χ1) is 13.8. The van der Waals surface area contributed by atoms with Crippen LogP contribution in [0.15, 0.2) is 42.7 Å². The smallest absolute Gasteiger partial charge is 0.134 e. The molecule has 5 nitrogen and oxygen atoms in total. The second-order valence-corrected chi connectivity index (χ2v) is 8.24. The maximum Gasteiger partial charge on any atom is 0.134 e. The maximum absolute atomic E-state index is 9.53. The molecule has 5 heteroatoms. The predicted molar refractivity (Wildman–Crippen MR) is 114 cm³/mol. The van der Waals surface area contributed by atoms with Gasteiger partial charge in [0, 0.05) is 38.3 Å². The van der Waals surface area contributed by atoms with Gasteiger partial charge in [-0.3, -0.25) is 0 Å². The van der Waals surface area contributed by atoms with Gasteiger partial charge in [0.15, 0.2) is 0 Å². The molecule has 2 aliphatic heterocycles. The number of benzene rings is 1. The molecular weight excluding hydrogens is 348 g/mol. The quantitative estimate of drug-likeness (QED) is 0.829. The van der Waals surface area contributed by atoms with Gasteiger partial charge in [-0.2, -0.15) is 0 Å². The Balaban J connectivity index is 1.46. The minimum Gasteiger partial charge on any atom is -0.396 e. The van der Waals surface area contributed by atoms with E-state index in [1.54, 1.807) is 6.33 Å². The van der Waals surface area contributed by atoms with E-state index in [-0.39, 0.29) is 6.61 Å². The Kier molecular flexibility index (Phi) is 6.42. The summed E-state index contributed by atoms with van der Waals surface area (Å²) in [5.41, 5.74) is 1.42. The van der Waals surface area contributed by atoms with Gasteiger partial charge in [0.25, 0.3) is 0 Å². The van der Waals surface area contributed by atoms with E-state index in [0.29, 0.717) is 12.0 Å². The van der Waals surface area contributed by atoms with Crippen LogP contribution in [0.5, 0.6) is 0 Å². The van der Waals surface area contributed by atoms with Gasteiger partial charge in [0.2, 0.25) is 0 Å². The van der Waals surface area contributed by atoms with Crippen LogP contribution in [-0.2, 0) is 6.42 Å². The van der Waals surface area contributed by atoms with Gasteiger partial charge in [-0.25, -0.2) is 9.97 Å². The number of hydrogen-bond donors (Lipinski definition) is 1. The Morgan fingerprint density at radius 3 is 2.68 bits per heavy atom. The third-order valence-electron chi connectivity index (χ3n) is 6.27. The Bertz CT molecular complexity index is 738. The average Bonchev–Trinajstić information content (AvgIpc) is 2.79. The van der Waals surface area contributed by atoms with E-state index < -0.39 is 0 Å². The number of aromatic nitrogens is 2. The normalized spacial score (nSPS) is 23.0. The summed E-state index contributed by atoms with van der Waals surface area (Å²) in [6.07, 6.45) is 10.0. The Morgan fingerprint density at radius 1 is 0.964 bits per heavy atom. The van der Waals surface area contributed by atoms with Crippen LogP contribution in [0.2, 0.25) is 0 Å². The summed E-state index contributed by atoms with van der Waals surface area (Å²) >= 11 is 0. The fourth-order valence-corrected chi connectivity index (χ4v) is 4.67. The number of hydrogen-bond acceptors (Lipinski definition) is 5. The van der Waals surface area contributed by atoms with E-state index in [4.69, 9.17) is 0 Å². The molecule has 2 unspecified atom stereocenters. The molecule has 2 fully saturated rings. The van der Waals surface area contributed by atoms with Crippen molar-refractivity contribution < 1.29 is 5.11 Å². The van der Waals surface area contributed by atoms with Crippen LogP contribution in [0.3, 0.4) is 0 Å². The molecule has 150 valence electrons. The number of nitrogens with zero attached hydrogens (tertiary/aromatic N) is 4. The highest BCUT2D eigenvalue weighted by molar-refractivity contribution is 5.51. The molecule has 3 heterocycles. The number of anilines is 2. The van der Waals surface area contributed by atoms with Gasteiger partial charge in [-0.15, -0.1) is 0 Å². The van der Waals surface area contributed by atoms with E-state index in [2.05, 4.69) is 56.2 Å². The molecule has 2 aliphatic rings. The zero-order valence-electron chi connectivity index (χ0n) is 16.7. The van der Waals surface area contributed by atoms with Crippen LogP contribution in [0, 0.1) is 5.92 Å². The summed E-state index contributed by atoms with van der Waals surface area (Å²) in [5.74, 6) is 2.44. The summed E-state index contributed by atoms with van der Waals surface area (Å²) in [5, 5.41) is 9.53. The first-order valence-electron chi connectivity index (χ1n) is 10.8. The van der Waals surface area contributed by atoms with Crippen LogP contribution in [0.1, 0.15) is 44.1 Å². The van der Waals surface area contributed by atoms with Crippen molar-refractivity contribution in [2.75, 3.05) is 36.0 Å². The molecular formula is C23H32N4O. The van der Waals surface area contributed by atoms with E-state index >= 15 is 0 Å². The molecule has 0 aliphatic carbocycles. The lowest BCUT2D eigenvalue weighted by Gasteiger charge is -2.38. The lowest BCUT2D eigenvalue weighted by atomic mass is 9.95. The molecule has 0 amide bonds. The van der Waals surface area contributed by atoms with E-state index in [1.807, 2.05) is 0 Å². The second kappa shape index (κ2) is 9.37. The van der Waals surface area contributed by atoms with E-state index in [9.17, 15) is 5.11 Å². The Hall–Kier alpha value is -2.14. The average molecular weight is 381 g/mol. The SMILES string of the molecule is OCC1CCCN(c2cc(N3CCCCC3CCc3ccccc3)ncn2)C1. The van der Waals surface area contributed by atoms with Crippen molar-refractivity contribution in [2.45, 2.75) is 51.0 Å². The number of piperidine rings is 2. The van der Waals surface area contributed by atoms with Crippen molar-refractivity contribution >= 4 is 11.6 Å². The van der Waals surface area contributed by atoms with Gasteiger partial charge in [0.1, 0.15) is 18.0 Å². The molecule has 1 aromatic heterocycles. The van der Waals surface area contributed by atoms with E-state index in [1.165, 1.54) is 31.2 Å². The standard InChI is InChI=1S/C23H32N4O/c28-17-20-9-6-13-26(16-20)22-15-23(25-18-24-22)27-14-5-4-10-21(27)12-11-19-7-2-1-3-8-19/h1-3,7-8,15,18,20-21,28H,4-6,9-14,16-17H2. The van der Waals surface area contributed by atoms with Crippen LogP contribution in [0.25, 0.3) is 0 Å². The van der Waals surface area contributed by atoms with E-state index in [0.717, 1.165) is 50.5 Å². The first kappa shape index (κ1) is 19.2. The summed E-state index contributed by atoms with van der Waals surface area (Å²) in [6, 6.07) is 13.5. The highest BCUT2D eigenvalue weighted by atomic mass is 16.3. The lowest BCUT2D eigenvalue weighted by molar-refractivity contribution is 0.208. The molecule has 1 aromatic carbocycles. The minimum absolute atomic E-state index is 0.266. The fraction of sp³-hybridized carbons (Fsp3) is 0.565. The molecule has 0 saturated carbocycles. The molecule has 2 saturated heterocycles. The highest BCUT2D eigenvalue weighted by Crippen LogP contribution is 2.29. The fourth-order valence-electron chi connectivity index (χ4n) is 4.67. The van der Waals surface area contributed by atoms with Gasteiger partial charge in [-0.1, -0.05) is 30.3 Å². The highest BCUT2D eigenvalue weighted by Gasteiger charge is 2.25. The van der Waals surface area contributed by atoms with Crippen molar-refractivity contribution in [3.63, 3.8) is 0 Å². The number of aliphatic hydroxyl groups is 1. The predicted octanol–water partition coefficient (Wildman–Crippen LogP) is 3.68. The Morgan fingerprint density at radius 2 is 1.82 bits per heavy atom. The summed E-state index contributed by atoms with van der Waals surface area (Å²) < 4.78 is 0. The van der Waals surface area contributed by atoms with Gasteiger partial charge in [0.05, 0.1) is 0 Å². The van der Waals surface area contributed by atoms with Gasteiger partial charge < -0.3 is 14.9 Å². The molecule has 4 rings (SSSR count). The molecule has 0 radical (unpaired) electrons. The Labute approximate surface area is 168 Å². The van der Waals surface area contributed by atoms with Crippen LogP contribution in [0.4, 0.5) is 11.6 Å². The van der Waals surface area contributed by atoms with Gasteiger partial charge in [-0.05, 0) is 56.4 Å². The second-order valence-electron chi connectivity index (χ2n) is 8.24.